The highest BCUT2D eigenvalue weighted by Crippen LogP contribution is 2.24. The van der Waals surface area contributed by atoms with Crippen molar-refractivity contribution in [3.05, 3.63) is 52.3 Å². The monoisotopic (exact) mass is 271 g/mol. The highest BCUT2D eigenvalue weighted by atomic mass is 35.5. The molecule has 0 amide bonds. The van der Waals surface area contributed by atoms with Crippen molar-refractivity contribution in [3.63, 3.8) is 0 Å². The van der Waals surface area contributed by atoms with Gasteiger partial charge in [-0.3, -0.25) is 0 Å². The van der Waals surface area contributed by atoms with Crippen molar-refractivity contribution in [2.45, 2.75) is 20.8 Å². The van der Waals surface area contributed by atoms with Crippen LogP contribution in [-0.2, 0) is 0 Å². The van der Waals surface area contributed by atoms with Gasteiger partial charge in [0.1, 0.15) is 0 Å². The van der Waals surface area contributed by atoms with E-state index >= 15 is 0 Å². The maximum Gasteiger partial charge on any atom is 0.156 e. The van der Waals surface area contributed by atoms with Gasteiger partial charge in [-0.25, -0.2) is 9.50 Å². The van der Waals surface area contributed by atoms with E-state index in [0.717, 1.165) is 28.3 Å². The lowest BCUT2D eigenvalue weighted by Crippen LogP contribution is -1.99. The molecule has 0 N–H and O–H groups in total. The number of halogens is 1. The predicted molar refractivity (Wildman–Crippen MR) is 77.6 cm³/mol. The molecule has 0 saturated heterocycles. The van der Waals surface area contributed by atoms with Gasteiger partial charge in [-0.15, -0.1) is 0 Å². The van der Waals surface area contributed by atoms with Crippen molar-refractivity contribution in [3.8, 4) is 11.3 Å². The maximum absolute atomic E-state index is 6.21. The van der Waals surface area contributed by atoms with E-state index in [0.29, 0.717) is 5.02 Å². The van der Waals surface area contributed by atoms with Crippen LogP contribution in [0, 0.1) is 20.8 Å². The minimum atomic E-state index is 0.672. The van der Waals surface area contributed by atoms with E-state index in [4.69, 9.17) is 11.6 Å². The number of benzene rings is 1. The first-order chi connectivity index (χ1) is 9.06. The second-order valence-corrected chi connectivity index (χ2v) is 5.14. The van der Waals surface area contributed by atoms with Crippen molar-refractivity contribution in [2.75, 3.05) is 0 Å². The number of nitrogens with zero attached hydrogens (tertiary/aromatic N) is 3. The highest BCUT2D eigenvalue weighted by Gasteiger charge is 2.11. The van der Waals surface area contributed by atoms with E-state index in [-0.39, 0.29) is 0 Å². The average molecular weight is 272 g/mol. The lowest BCUT2D eigenvalue weighted by atomic mass is 10.1. The summed E-state index contributed by atoms with van der Waals surface area (Å²) < 4.78 is 1.80. The normalized spacial score (nSPS) is 11.2. The summed E-state index contributed by atoms with van der Waals surface area (Å²) in [6, 6.07) is 10.3. The van der Waals surface area contributed by atoms with Crippen molar-refractivity contribution in [1.82, 2.24) is 14.6 Å². The predicted octanol–water partition coefficient (Wildman–Crippen LogP) is 3.97. The molecule has 1 aromatic carbocycles. The minimum absolute atomic E-state index is 0.672. The fourth-order valence-electron chi connectivity index (χ4n) is 2.14. The number of aromatic nitrogens is 3. The third-order valence-corrected chi connectivity index (χ3v) is 3.82. The molecule has 0 aliphatic rings. The van der Waals surface area contributed by atoms with Crippen LogP contribution in [0.25, 0.3) is 16.9 Å². The van der Waals surface area contributed by atoms with Crippen LogP contribution in [0.3, 0.4) is 0 Å². The zero-order valence-corrected chi connectivity index (χ0v) is 11.9. The molecule has 0 fully saturated rings. The molecule has 0 atom stereocenters. The molecule has 0 saturated carbocycles. The van der Waals surface area contributed by atoms with Crippen molar-refractivity contribution >= 4 is 17.2 Å². The van der Waals surface area contributed by atoms with Gasteiger partial charge in [0.2, 0.25) is 0 Å². The smallest absolute Gasteiger partial charge is 0.156 e. The lowest BCUT2D eigenvalue weighted by Gasteiger charge is -2.03. The molecular weight excluding hydrogens is 258 g/mol. The molecule has 0 unspecified atom stereocenters. The van der Waals surface area contributed by atoms with E-state index in [2.05, 4.69) is 41.3 Å². The standard InChI is InChI=1S/C15H14ClN3/c1-9-4-6-12(7-5-9)13-8-14-17-10(2)15(16)11(3)19(14)18-13/h4-8H,1-3H3. The van der Waals surface area contributed by atoms with Gasteiger partial charge in [0.25, 0.3) is 0 Å². The van der Waals surface area contributed by atoms with E-state index < -0.39 is 0 Å². The highest BCUT2D eigenvalue weighted by molar-refractivity contribution is 6.31. The summed E-state index contributed by atoms with van der Waals surface area (Å²) in [5.41, 5.74) is 5.82. The quantitative estimate of drug-likeness (QED) is 0.670. The van der Waals surface area contributed by atoms with E-state index in [1.165, 1.54) is 5.56 Å². The Morgan fingerprint density at radius 2 is 1.74 bits per heavy atom. The van der Waals surface area contributed by atoms with Gasteiger partial charge < -0.3 is 0 Å². The molecular formula is C15H14ClN3. The molecule has 0 bridgehead atoms. The van der Waals surface area contributed by atoms with Gasteiger partial charge in [0.05, 0.1) is 22.1 Å². The van der Waals surface area contributed by atoms with Crippen LogP contribution in [0.5, 0.6) is 0 Å². The summed E-state index contributed by atoms with van der Waals surface area (Å²) in [5.74, 6) is 0. The first-order valence-corrected chi connectivity index (χ1v) is 6.53. The molecule has 3 rings (SSSR count). The Bertz CT molecular complexity index is 757. The Morgan fingerprint density at radius 1 is 1.05 bits per heavy atom. The molecule has 3 aromatic rings. The van der Waals surface area contributed by atoms with Gasteiger partial charge in [-0.05, 0) is 20.8 Å². The number of hydrogen-bond donors (Lipinski definition) is 0. The van der Waals surface area contributed by atoms with Crippen molar-refractivity contribution in [1.29, 1.82) is 0 Å². The van der Waals surface area contributed by atoms with Crippen LogP contribution < -0.4 is 0 Å². The molecule has 0 radical (unpaired) electrons. The second-order valence-electron chi connectivity index (χ2n) is 4.76. The Hall–Kier alpha value is -1.87. The number of aryl methyl sites for hydroxylation is 3. The van der Waals surface area contributed by atoms with Crippen LogP contribution in [0.15, 0.2) is 30.3 Å². The Balaban J connectivity index is 2.22. The van der Waals surface area contributed by atoms with Gasteiger partial charge in [-0.1, -0.05) is 41.4 Å². The Labute approximate surface area is 116 Å². The first kappa shape index (κ1) is 12.2. The fourth-order valence-corrected chi connectivity index (χ4v) is 2.26. The maximum atomic E-state index is 6.21. The number of hydrogen-bond acceptors (Lipinski definition) is 2. The van der Waals surface area contributed by atoms with E-state index in [1.807, 2.05) is 19.9 Å². The first-order valence-electron chi connectivity index (χ1n) is 6.16. The Morgan fingerprint density at radius 3 is 2.42 bits per heavy atom. The number of fused-ring (bicyclic) bond motifs is 1. The summed E-state index contributed by atoms with van der Waals surface area (Å²) in [5, 5.41) is 5.26. The molecule has 2 heterocycles. The molecule has 96 valence electrons. The number of rotatable bonds is 1. The molecule has 0 aliphatic carbocycles. The molecule has 0 aliphatic heterocycles. The topological polar surface area (TPSA) is 30.2 Å². The van der Waals surface area contributed by atoms with Gasteiger partial charge in [0, 0.05) is 11.6 Å². The largest absolute Gasteiger partial charge is 0.232 e. The second kappa shape index (κ2) is 4.35. The fraction of sp³-hybridized carbons (Fsp3) is 0.200. The van der Waals surface area contributed by atoms with Crippen molar-refractivity contribution < 1.29 is 0 Å². The Kier molecular flexibility index (Phi) is 2.79. The zero-order chi connectivity index (χ0) is 13.6. The summed E-state index contributed by atoms with van der Waals surface area (Å²) >= 11 is 6.21. The van der Waals surface area contributed by atoms with Crippen LogP contribution in [0.1, 0.15) is 17.0 Å². The summed E-state index contributed by atoms with van der Waals surface area (Å²) in [6.07, 6.45) is 0. The van der Waals surface area contributed by atoms with E-state index in [1.54, 1.807) is 4.52 Å². The van der Waals surface area contributed by atoms with Crippen LogP contribution in [0.2, 0.25) is 5.02 Å². The third kappa shape index (κ3) is 2.00. The van der Waals surface area contributed by atoms with Gasteiger partial charge in [-0.2, -0.15) is 5.10 Å². The lowest BCUT2D eigenvalue weighted by molar-refractivity contribution is 0.889. The van der Waals surface area contributed by atoms with Gasteiger partial charge >= 0.3 is 0 Å². The SMILES string of the molecule is Cc1ccc(-c2cc3nc(C)c(Cl)c(C)n3n2)cc1. The molecule has 3 nitrogen and oxygen atoms in total. The summed E-state index contributed by atoms with van der Waals surface area (Å²) in [6.45, 7) is 5.94. The summed E-state index contributed by atoms with van der Waals surface area (Å²) in [4.78, 5) is 4.47. The van der Waals surface area contributed by atoms with Crippen LogP contribution in [-0.4, -0.2) is 14.6 Å². The average Bonchev–Trinajstić information content (AvgIpc) is 2.81. The summed E-state index contributed by atoms with van der Waals surface area (Å²) in [7, 11) is 0. The molecule has 2 aromatic heterocycles. The third-order valence-electron chi connectivity index (χ3n) is 3.27. The van der Waals surface area contributed by atoms with E-state index in [9.17, 15) is 0 Å². The van der Waals surface area contributed by atoms with Crippen LogP contribution >= 0.6 is 11.6 Å². The van der Waals surface area contributed by atoms with Crippen LogP contribution in [0.4, 0.5) is 0 Å². The zero-order valence-electron chi connectivity index (χ0n) is 11.1. The molecule has 19 heavy (non-hydrogen) atoms. The van der Waals surface area contributed by atoms with Crippen molar-refractivity contribution in [2.24, 2.45) is 0 Å². The van der Waals surface area contributed by atoms with Gasteiger partial charge in [0.15, 0.2) is 5.65 Å². The molecule has 0 spiro atoms. The minimum Gasteiger partial charge on any atom is -0.232 e. The molecule has 4 heteroatoms.